The third-order valence-corrected chi connectivity index (χ3v) is 2.03. The molecule has 1 aromatic heterocycles. The average molecular weight is 256 g/mol. The summed E-state index contributed by atoms with van der Waals surface area (Å²) in [5.41, 5.74) is -4.82. The average Bonchev–Trinajstić information content (AvgIpc) is 2.14. The Labute approximate surface area is 91.2 Å². The van der Waals surface area contributed by atoms with Crippen LogP contribution >= 0.6 is 0 Å². The molecule has 0 amide bonds. The summed E-state index contributed by atoms with van der Waals surface area (Å²) in [7, 11) is 0. The van der Waals surface area contributed by atoms with E-state index in [0.29, 0.717) is 6.20 Å². The Balaban J connectivity index is 3.57. The van der Waals surface area contributed by atoms with E-state index < -0.39 is 40.0 Å². The van der Waals surface area contributed by atoms with Crippen LogP contribution in [0.15, 0.2) is 6.20 Å². The van der Waals surface area contributed by atoms with E-state index in [1.807, 2.05) is 0 Å². The highest BCUT2D eigenvalue weighted by Crippen LogP contribution is 2.38. The molecule has 0 spiro atoms. The van der Waals surface area contributed by atoms with Crippen LogP contribution in [0.2, 0.25) is 0 Å². The maximum atomic E-state index is 12.4. The molecule has 1 rings (SSSR count). The van der Waals surface area contributed by atoms with Gasteiger partial charge in [-0.15, -0.1) is 0 Å². The van der Waals surface area contributed by atoms with Crippen LogP contribution in [0.1, 0.15) is 23.2 Å². The molecule has 0 N–H and O–H groups in total. The first-order valence-corrected chi connectivity index (χ1v) is 4.15. The Morgan fingerprint density at radius 3 is 2.29 bits per heavy atom. The van der Waals surface area contributed by atoms with Gasteiger partial charge in [0.2, 0.25) is 5.69 Å². The van der Waals surface area contributed by atoms with Crippen LogP contribution in [0, 0.1) is 17.0 Å². The number of hydrogen-bond donors (Lipinski definition) is 0. The first-order valence-electron chi connectivity index (χ1n) is 4.15. The first kappa shape index (κ1) is 13.3. The summed E-state index contributed by atoms with van der Waals surface area (Å²) < 4.78 is 61.8. The van der Waals surface area contributed by atoms with Gasteiger partial charge in [-0.05, 0) is 6.92 Å². The lowest BCUT2D eigenvalue weighted by Gasteiger charge is -2.10. The first-order chi connectivity index (χ1) is 7.66. The van der Waals surface area contributed by atoms with Crippen molar-refractivity contribution in [1.29, 1.82) is 0 Å². The zero-order chi connectivity index (χ0) is 13.4. The molecule has 4 nitrogen and oxygen atoms in total. The molecule has 17 heavy (non-hydrogen) atoms. The zero-order valence-electron chi connectivity index (χ0n) is 8.26. The minimum Gasteiger partial charge on any atom is -0.258 e. The van der Waals surface area contributed by atoms with Gasteiger partial charge >= 0.3 is 11.9 Å². The minimum absolute atomic E-state index is 0.301. The number of halogens is 5. The van der Waals surface area contributed by atoms with Crippen molar-refractivity contribution in [2.24, 2.45) is 0 Å². The SMILES string of the molecule is Cc1c(C(F)F)cnc(C(F)(F)F)c1[N+](=O)[O-]. The third-order valence-electron chi connectivity index (χ3n) is 2.03. The van der Waals surface area contributed by atoms with E-state index in [2.05, 4.69) is 4.98 Å². The fraction of sp³-hybridized carbons (Fsp3) is 0.375. The number of nitro groups is 1. The van der Waals surface area contributed by atoms with Crippen LogP contribution in [0.4, 0.5) is 27.6 Å². The molecule has 0 saturated carbocycles. The molecule has 0 aliphatic heterocycles. The number of pyridine rings is 1. The smallest absolute Gasteiger partial charge is 0.258 e. The fourth-order valence-corrected chi connectivity index (χ4v) is 1.26. The van der Waals surface area contributed by atoms with Gasteiger partial charge in [0.1, 0.15) is 0 Å². The van der Waals surface area contributed by atoms with E-state index >= 15 is 0 Å². The highest BCUT2D eigenvalue weighted by molar-refractivity contribution is 5.48. The molecule has 0 radical (unpaired) electrons. The number of rotatable bonds is 2. The molecule has 0 fully saturated rings. The number of aromatic nitrogens is 1. The lowest BCUT2D eigenvalue weighted by molar-refractivity contribution is -0.389. The normalized spacial score (nSPS) is 11.9. The van der Waals surface area contributed by atoms with E-state index in [9.17, 15) is 32.1 Å². The summed E-state index contributed by atoms with van der Waals surface area (Å²) in [5.74, 6) is 0. The molecule has 0 unspecified atom stereocenters. The topological polar surface area (TPSA) is 56.0 Å². The van der Waals surface area contributed by atoms with E-state index in [1.54, 1.807) is 0 Å². The second-order valence-electron chi connectivity index (χ2n) is 3.09. The molecule has 1 aromatic rings. The predicted octanol–water partition coefficient (Wildman–Crippen LogP) is 3.25. The van der Waals surface area contributed by atoms with Crippen molar-refractivity contribution in [2.45, 2.75) is 19.5 Å². The summed E-state index contributed by atoms with van der Waals surface area (Å²) in [6.07, 6.45) is -7.88. The van der Waals surface area contributed by atoms with Crippen LogP contribution in [-0.4, -0.2) is 9.91 Å². The van der Waals surface area contributed by atoms with Gasteiger partial charge in [-0.25, -0.2) is 13.8 Å². The van der Waals surface area contributed by atoms with Crippen LogP contribution in [0.25, 0.3) is 0 Å². The Hall–Kier alpha value is -1.80. The fourth-order valence-electron chi connectivity index (χ4n) is 1.26. The lowest BCUT2D eigenvalue weighted by atomic mass is 10.1. The second kappa shape index (κ2) is 4.22. The van der Waals surface area contributed by atoms with Gasteiger partial charge in [0.05, 0.1) is 4.92 Å². The molecule has 1 heterocycles. The van der Waals surface area contributed by atoms with Gasteiger partial charge in [0.15, 0.2) is 0 Å². The zero-order valence-corrected chi connectivity index (χ0v) is 8.26. The summed E-state index contributed by atoms with van der Waals surface area (Å²) in [6, 6.07) is 0. The van der Waals surface area contributed by atoms with Gasteiger partial charge < -0.3 is 0 Å². The van der Waals surface area contributed by atoms with Gasteiger partial charge in [-0.2, -0.15) is 13.2 Å². The van der Waals surface area contributed by atoms with Crippen molar-refractivity contribution in [1.82, 2.24) is 4.98 Å². The Morgan fingerprint density at radius 1 is 1.41 bits per heavy atom. The van der Waals surface area contributed by atoms with Crippen molar-refractivity contribution in [2.75, 3.05) is 0 Å². The lowest BCUT2D eigenvalue weighted by Crippen LogP contribution is -2.14. The van der Waals surface area contributed by atoms with E-state index in [4.69, 9.17) is 0 Å². The van der Waals surface area contributed by atoms with Crippen LogP contribution in [-0.2, 0) is 6.18 Å². The molecule has 0 atom stereocenters. The molecule has 0 aliphatic rings. The molecule has 0 aromatic carbocycles. The van der Waals surface area contributed by atoms with Crippen LogP contribution in [0.3, 0.4) is 0 Å². The van der Waals surface area contributed by atoms with Crippen LogP contribution < -0.4 is 0 Å². The van der Waals surface area contributed by atoms with Crippen LogP contribution in [0.5, 0.6) is 0 Å². The monoisotopic (exact) mass is 256 g/mol. The van der Waals surface area contributed by atoms with Gasteiger partial charge in [0.25, 0.3) is 6.43 Å². The molecule has 0 aliphatic carbocycles. The number of hydrogen-bond acceptors (Lipinski definition) is 3. The molecule has 0 saturated heterocycles. The predicted molar refractivity (Wildman–Crippen MR) is 45.6 cm³/mol. The Kier molecular flexibility index (Phi) is 3.30. The van der Waals surface area contributed by atoms with Crippen molar-refractivity contribution in [3.63, 3.8) is 0 Å². The Morgan fingerprint density at radius 2 is 1.94 bits per heavy atom. The quantitative estimate of drug-likeness (QED) is 0.463. The number of alkyl halides is 5. The summed E-state index contributed by atoms with van der Waals surface area (Å²) in [5, 5.41) is 10.5. The minimum atomic E-state index is -5.06. The third kappa shape index (κ3) is 2.48. The maximum absolute atomic E-state index is 12.4. The molecule has 9 heteroatoms. The summed E-state index contributed by atoms with van der Waals surface area (Å²) in [4.78, 5) is 11.8. The maximum Gasteiger partial charge on any atom is 0.440 e. The Bertz CT molecular complexity index is 458. The van der Waals surface area contributed by atoms with E-state index in [-0.39, 0.29) is 0 Å². The number of nitrogens with zero attached hydrogens (tertiary/aromatic N) is 2. The molecule has 94 valence electrons. The molecular weight excluding hydrogens is 251 g/mol. The van der Waals surface area contributed by atoms with E-state index in [0.717, 1.165) is 6.92 Å². The van der Waals surface area contributed by atoms with Crippen molar-refractivity contribution in [3.05, 3.63) is 33.1 Å². The van der Waals surface area contributed by atoms with Crippen molar-refractivity contribution in [3.8, 4) is 0 Å². The highest BCUT2D eigenvalue weighted by Gasteiger charge is 2.42. The van der Waals surface area contributed by atoms with Gasteiger partial charge in [0, 0.05) is 17.3 Å². The molecular formula is C8H5F5N2O2. The van der Waals surface area contributed by atoms with Crippen molar-refractivity contribution >= 4 is 5.69 Å². The van der Waals surface area contributed by atoms with E-state index in [1.165, 1.54) is 0 Å². The highest BCUT2D eigenvalue weighted by atomic mass is 19.4. The van der Waals surface area contributed by atoms with Gasteiger partial charge in [-0.3, -0.25) is 10.1 Å². The second-order valence-corrected chi connectivity index (χ2v) is 3.09. The van der Waals surface area contributed by atoms with Gasteiger partial charge in [-0.1, -0.05) is 0 Å². The standard InChI is InChI=1S/C8H5F5N2O2/c1-3-4(7(9)10)2-14-6(8(11,12)13)5(3)15(16)17/h2,7H,1H3. The molecule has 0 bridgehead atoms. The van der Waals surface area contributed by atoms with Crippen molar-refractivity contribution < 1.29 is 26.9 Å². The summed E-state index contributed by atoms with van der Waals surface area (Å²) in [6.45, 7) is 0.830. The summed E-state index contributed by atoms with van der Waals surface area (Å²) >= 11 is 0. The largest absolute Gasteiger partial charge is 0.440 e.